The van der Waals surface area contributed by atoms with Gasteiger partial charge < -0.3 is 5.32 Å². The Morgan fingerprint density at radius 2 is 1.95 bits per heavy atom. The summed E-state index contributed by atoms with van der Waals surface area (Å²) in [5.74, 6) is -0.656. The van der Waals surface area contributed by atoms with Crippen molar-refractivity contribution >= 4 is 33.1 Å². The summed E-state index contributed by atoms with van der Waals surface area (Å²) in [5, 5.41) is 3.43. The van der Waals surface area contributed by atoms with Gasteiger partial charge in [0.05, 0.1) is 11.4 Å². The van der Waals surface area contributed by atoms with Crippen LogP contribution in [0.5, 0.6) is 0 Å². The second-order valence-corrected chi connectivity index (χ2v) is 6.73. The fraction of sp³-hybridized carbons (Fsp3) is 0.333. The Bertz CT molecular complexity index is 670. The lowest BCUT2D eigenvalue weighted by Gasteiger charge is -2.16. The number of thiophene rings is 1. The van der Waals surface area contributed by atoms with Crippen molar-refractivity contribution in [1.29, 1.82) is 0 Å². The first-order valence-electron chi connectivity index (χ1n) is 6.28. The van der Waals surface area contributed by atoms with Crippen molar-refractivity contribution in [2.45, 2.75) is 20.8 Å². The molecule has 1 aromatic carbocycles. The molecule has 0 saturated carbocycles. The van der Waals surface area contributed by atoms with Gasteiger partial charge in [0.2, 0.25) is 0 Å². The van der Waals surface area contributed by atoms with E-state index in [1.807, 2.05) is 20.8 Å². The van der Waals surface area contributed by atoms with Gasteiger partial charge in [-0.3, -0.25) is 9.59 Å². The van der Waals surface area contributed by atoms with Crippen LogP contribution in [0.4, 0.5) is 4.39 Å². The second-order valence-electron chi connectivity index (χ2n) is 5.65. The van der Waals surface area contributed by atoms with Crippen molar-refractivity contribution in [1.82, 2.24) is 5.32 Å². The maximum atomic E-state index is 13.1. The highest BCUT2D eigenvalue weighted by molar-refractivity contribution is 7.20. The number of Topliss-reactive ketones (excluding diaryl/α,β-unsaturated/α-hetero) is 1. The molecule has 2 rings (SSSR count). The van der Waals surface area contributed by atoms with Gasteiger partial charge in [-0.1, -0.05) is 26.8 Å². The number of rotatable bonds is 3. The maximum Gasteiger partial charge on any atom is 0.261 e. The number of amides is 1. The van der Waals surface area contributed by atoms with Crippen LogP contribution in [0.15, 0.2) is 24.3 Å². The number of carbonyl (C=O) groups excluding carboxylic acids is 2. The van der Waals surface area contributed by atoms with Crippen LogP contribution >= 0.6 is 11.3 Å². The smallest absolute Gasteiger partial charge is 0.261 e. The van der Waals surface area contributed by atoms with Crippen LogP contribution in [0, 0.1) is 11.2 Å². The molecule has 5 heteroatoms. The number of ketones is 1. The molecule has 0 atom stereocenters. The Morgan fingerprint density at radius 3 is 2.60 bits per heavy atom. The van der Waals surface area contributed by atoms with E-state index in [4.69, 9.17) is 0 Å². The van der Waals surface area contributed by atoms with Crippen LogP contribution in [0.3, 0.4) is 0 Å². The van der Waals surface area contributed by atoms with E-state index in [2.05, 4.69) is 5.32 Å². The zero-order chi connectivity index (χ0) is 14.9. The Labute approximate surface area is 120 Å². The van der Waals surface area contributed by atoms with Crippen molar-refractivity contribution < 1.29 is 14.0 Å². The number of hydrogen-bond acceptors (Lipinski definition) is 3. The lowest BCUT2D eigenvalue weighted by Crippen LogP contribution is -2.35. The number of carbonyl (C=O) groups is 2. The first-order chi connectivity index (χ1) is 9.27. The molecule has 3 nitrogen and oxygen atoms in total. The molecular formula is C15H16FNO2S. The van der Waals surface area contributed by atoms with Gasteiger partial charge >= 0.3 is 0 Å². The average molecular weight is 293 g/mol. The molecule has 0 aliphatic carbocycles. The number of halogens is 1. The molecule has 1 N–H and O–H groups in total. The first kappa shape index (κ1) is 14.7. The summed E-state index contributed by atoms with van der Waals surface area (Å²) in [7, 11) is 0. The molecule has 2 aromatic rings. The zero-order valence-corrected chi connectivity index (χ0v) is 12.4. The Morgan fingerprint density at radius 1 is 1.25 bits per heavy atom. The number of hydrogen-bond donors (Lipinski definition) is 1. The van der Waals surface area contributed by atoms with Crippen LogP contribution in [-0.2, 0) is 4.79 Å². The van der Waals surface area contributed by atoms with Crippen LogP contribution in [0.2, 0.25) is 0 Å². The van der Waals surface area contributed by atoms with E-state index in [9.17, 15) is 14.0 Å². The van der Waals surface area contributed by atoms with Crippen LogP contribution in [-0.4, -0.2) is 18.2 Å². The summed E-state index contributed by atoms with van der Waals surface area (Å²) in [6, 6.07) is 6.10. The van der Waals surface area contributed by atoms with Crippen molar-refractivity contribution in [3.8, 4) is 0 Å². The molecule has 0 saturated heterocycles. The van der Waals surface area contributed by atoms with Crippen LogP contribution in [0.25, 0.3) is 10.1 Å². The fourth-order valence-electron chi connectivity index (χ4n) is 1.63. The Balaban J connectivity index is 2.10. The van der Waals surface area contributed by atoms with Gasteiger partial charge in [-0.05, 0) is 23.6 Å². The molecular weight excluding hydrogens is 277 g/mol. The molecule has 0 spiro atoms. The van der Waals surface area contributed by atoms with Crippen molar-refractivity contribution in [2.24, 2.45) is 5.41 Å². The molecule has 1 aromatic heterocycles. The Hall–Kier alpha value is -1.75. The SMILES string of the molecule is CC(C)(C)C(=O)CNC(=O)c1cc2ccc(F)cc2s1. The molecule has 0 aliphatic rings. The molecule has 1 heterocycles. The standard InChI is InChI=1S/C15H16FNO2S/c1-15(2,3)13(18)8-17-14(19)12-6-9-4-5-10(16)7-11(9)20-12/h4-7H,8H2,1-3H3,(H,17,19). The highest BCUT2D eigenvalue weighted by atomic mass is 32.1. The molecule has 0 bridgehead atoms. The minimum Gasteiger partial charge on any atom is -0.344 e. The molecule has 106 valence electrons. The number of benzene rings is 1. The van der Waals surface area contributed by atoms with Gasteiger partial charge in [-0.25, -0.2) is 4.39 Å². The summed E-state index contributed by atoms with van der Waals surface area (Å²) in [4.78, 5) is 24.2. The van der Waals surface area contributed by atoms with Gasteiger partial charge in [0.15, 0.2) is 5.78 Å². The molecule has 20 heavy (non-hydrogen) atoms. The third-order valence-corrected chi connectivity index (χ3v) is 4.05. The lowest BCUT2D eigenvalue weighted by molar-refractivity contribution is -0.125. The highest BCUT2D eigenvalue weighted by Crippen LogP contribution is 2.26. The van der Waals surface area contributed by atoms with Crippen molar-refractivity contribution in [3.63, 3.8) is 0 Å². The molecule has 0 aliphatic heterocycles. The largest absolute Gasteiger partial charge is 0.344 e. The third-order valence-electron chi connectivity index (χ3n) is 2.95. The van der Waals surface area contributed by atoms with Gasteiger partial charge in [0.25, 0.3) is 5.91 Å². The highest BCUT2D eigenvalue weighted by Gasteiger charge is 2.21. The average Bonchev–Trinajstić information content (AvgIpc) is 2.77. The summed E-state index contributed by atoms with van der Waals surface area (Å²) in [5.41, 5.74) is -0.476. The molecule has 0 unspecified atom stereocenters. The fourth-order valence-corrected chi connectivity index (χ4v) is 2.63. The van der Waals surface area contributed by atoms with Crippen LogP contribution in [0.1, 0.15) is 30.4 Å². The molecule has 1 amide bonds. The molecule has 0 fully saturated rings. The summed E-state index contributed by atoms with van der Waals surface area (Å²) in [6.45, 7) is 5.43. The zero-order valence-electron chi connectivity index (χ0n) is 11.6. The number of fused-ring (bicyclic) bond motifs is 1. The molecule has 0 radical (unpaired) electrons. The summed E-state index contributed by atoms with van der Waals surface area (Å²) in [6.07, 6.45) is 0. The van der Waals surface area contributed by atoms with Gasteiger partial charge in [0.1, 0.15) is 5.82 Å². The van der Waals surface area contributed by atoms with Gasteiger partial charge in [-0.2, -0.15) is 0 Å². The van der Waals surface area contributed by atoms with Gasteiger partial charge in [0, 0.05) is 10.1 Å². The minimum atomic E-state index is -0.476. The van der Waals surface area contributed by atoms with Crippen LogP contribution < -0.4 is 5.32 Å². The van der Waals surface area contributed by atoms with E-state index >= 15 is 0 Å². The van der Waals surface area contributed by atoms with E-state index in [1.54, 1.807) is 12.1 Å². The topological polar surface area (TPSA) is 46.2 Å². The second kappa shape index (κ2) is 5.32. The van der Waals surface area contributed by atoms with E-state index in [1.165, 1.54) is 23.5 Å². The normalized spacial score (nSPS) is 11.6. The predicted octanol–water partition coefficient (Wildman–Crippen LogP) is 3.39. The van der Waals surface area contributed by atoms with E-state index in [0.717, 1.165) is 10.1 Å². The summed E-state index contributed by atoms with van der Waals surface area (Å²) >= 11 is 1.22. The van der Waals surface area contributed by atoms with E-state index in [0.29, 0.717) is 4.88 Å². The first-order valence-corrected chi connectivity index (χ1v) is 7.09. The van der Waals surface area contributed by atoms with E-state index in [-0.39, 0.29) is 24.1 Å². The number of nitrogens with one attached hydrogen (secondary N) is 1. The minimum absolute atomic E-state index is 0.00490. The van der Waals surface area contributed by atoms with Crippen molar-refractivity contribution in [3.05, 3.63) is 35.0 Å². The lowest BCUT2D eigenvalue weighted by atomic mass is 9.91. The maximum absolute atomic E-state index is 13.1. The van der Waals surface area contributed by atoms with Crippen molar-refractivity contribution in [2.75, 3.05) is 6.54 Å². The Kier molecular flexibility index (Phi) is 3.90. The summed E-state index contributed by atoms with van der Waals surface area (Å²) < 4.78 is 13.8. The monoisotopic (exact) mass is 293 g/mol. The quantitative estimate of drug-likeness (QED) is 0.943. The van der Waals surface area contributed by atoms with Gasteiger partial charge in [-0.15, -0.1) is 11.3 Å². The van der Waals surface area contributed by atoms with E-state index < -0.39 is 5.41 Å². The third kappa shape index (κ3) is 3.22. The predicted molar refractivity (Wildman–Crippen MR) is 78.6 cm³/mol.